The maximum atomic E-state index is 4.70. The highest BCUT2D eigenvalue weighted by Crippen LogP contribution is 2.07. The van der Waals surface area contributed by atoms with Crippen molar-refractivity contribution in [2.75, 3.05) is 32.7 Å². The van der Waals surface area contributed by atoms with Crippen molar-refractivity contribution in [3.63, 3.8) is 0 Å². The zero-order valence-corrected chi connectivity index (χ0v) is 15.5. The van der Waals surface area contributed by atoms with Crippen LogP contribution in [0.5, 0.6) is 0 Å². The molecule has 0 aromatic carbocycles. The molecular weight excluding hydrogens is 294 g/mol. The van der Waals surface area contributed by atoms with E-state index in [0.717, 1.165) is 55.8 Å². The van der Waals surface area contributed by atoms with Gasteiger partial charge in [-0.2, -0.15) is 0 Å². The van der Waals surface area contributed by atoms with Gasteiger partial charge in [0.25, 0.3) is 0 Å². The van der Waals surface area contributed by atoms with Gasteiger partial charge in [0.1, 0.15) is 0 Å². The highest BCUT2D eigenvalue weighted by molar-refractivity contribution is 7.09. The normalized spacial score (nSPS) is 13.5. The maximum absolute atomic E-state index is 4.70. The lowest BCUT2D eigenvalue weighted by Crippen LogP contribution is -2.40. The molecule has 1 rings (SSSR count). The van der Waals surface area contributed by atoms with Crippen LogP contribution >= 0.6 is 11.3 Å². The van der Waals surface area contributed by atoms with Gasteiger partial charge in [0.05, 0.1) is 17.2 Å². The summed E-state index contributed by atoms with van der Waals surface area (Å²) in [5, 5.41) is 9.96. The first-order valence-electron chi connectivity index (χ1n) is 8.27. The first-order chi connectivity index (χ1) is 10.6. The number of hydrogen-bond acceptors (Lipinski definition) is 4. The minimum atomic E-state index is 0.464. The average molecular weight is 326 g/mol. The highest BCUT2D eigenvalue weighted by Gasteiger charge is 2.09. The number of aliphatic imine (C=N–C) groups is 1. The molecule has 0 fully saturated rings. The Hall–Kier alpha value is -1.14. The summed E-state index contributed by atoms with van der Waals surface area (Å²) in [6, 6.07) is 0.464. The molecule has 0 bridgehead atoms. The molecule has 0 aliphatic carbocycles. The molecule has 6 heteroatoms. The Kier molecular flexibility index (Phi) is 9.08. The van der Waals surface area contributed by atoms with Crippen molar-refractivity contribution >= 4 is 17.3 Å². The topological polar surface area (TPSA) is 52.6 Å². The minimum Gasteiger partial charge on any atom is -0.357 e. The molecular formula is C16H31N5S. The van der Waals surface area contributed by atoms with Crippen molar-refractivity contribution in [1.29, 1.82) is 0 Å². The Bertz CT molecular complexity index is 439. The summed E-state index contributed by atoms with van der Waals surface area (Å²) in [6.45, 7) is 15.4. The van der Waals surface area contributed by atoms with Crippen LogP contribution in [-0.2, 0) is 6.42 Å². The molecule has 0 radical (unpaired) electrons. The minimum absolute atomic E-state index is 0.464. The zero-order valence-electron chi connectivity index (χ0n) is 14.6. The molecule has 0 amide bonds. The van der Waals surface area contributed by atoms with Crippen molar-refractivity contribution in [3.8, 4) is 0 Å². The summed E-state index contributed by atoms with van der Waals surface area (Å²) in [6.07, 6.45) is 0.931. The molecule has 1 unspecified atom stereocenters. The van der Waals surface area contributed by atoms with Gasteiger partial charge in [-0.05, 0) is 33.9 Å². The molecule has 1 atom stereocenters. The van der Waals surface area contributed by atoms with Gasteiger partial charge in [-0.25, -0.2) is 4.98 Å². The zero-order chi connectivity index (χ0) is 16.4. The molecule has 126 valence electrons. The van der Waals surface area contributed by atoms with E-state index in [-0.39, 0.29) is 0 Å². The van der Waals surface area contributed by atoms with Gasteiger partial charge >= 0.3 is 0 Å². The number of aromatic nitrogens is 1. The van der Waals surface area contributed by atoms with Gasteiger partial charge in [0.15, 0.2) is 5.96 Å². The largest absolute Gasteiger partial charge is 0.357 e. The summed E-state index contributed by atoms with van der Waals surface area (Å²) in [4.78, 5) is 11.6. The fourth-order valence-corrected chi connectivity index (χ4v) is 3.01. The molecule has 0 aliphatic rings. The number of nitrogens with one attached hydrogen (secondary N) is 2. The smallest absolute Gasteiger partial charge is 0.191 e. The van der Waals surface area contributed by atoms with Crippen LogP contribution in [-0.4, -0.2) is 54.6 Å². The average Bonchev–Trinajstić information content (AvgIpc) is 2.91. The van der Waals surface area contributed by atoms with E-state index in [0.29, 0.717) is 6.04 Å². The molecule has 0 saturated carbocycles. The van der Waals surface area contributed by atoms with Crippen LogP contribution in [0.2, 0.25) is 0 Å². The lowest BCUT2D eigenvalue weighted by Gasteiger charge is -2.25. The Balaban J connectivity index is 2.44. The third kappa shape index (κ3) is 6.75. The molecule has 1 heterocycles. The van der Waals surface area contributed by atoms with E-state index in [1.165, 1.54) is 0 Å². The van der Waals surface area contributed by atoms with E-state index in [1.54, 1.807) is 11.3 Å². The van der Waals surface area contributed by atoms with Crippen LogP contribution in [0.3, 0.4) is 0 Å². The van der Waals surface area contributed by atoms with Crippen molar-refractivity contribution in [2.24, 2.45) is 4.99 Å². The van der Waals surface area contributed by atoms with Crippen LogP contribution < -0.4 is 10.6 Å². The van der Waals surface area contributed by atoms with Crippen LogP contribution in [0.25, 0.3) is 0 Å². The fraction of sp³-hybridized carbons (Fsp3) is 0.750. The van der Waals surface area contributed by atoms with E-state index in [4.69, 9.17) is 4.99 Å². The molecule has 5 nitrogen and oxygen atoms in total. The van der Waals surface area contributed by atoms with Gasteiger partial charge in [-0.3, -0.25) is 9.89 Å². The Morgan fingerprint density at radius 2 is 2.05 bits per heavy atom. The van der Waals surface area contributed by atoms with E-state index < -0.39 is 0 Å². The molecule has 0 spiro atoms. The summed E-state index contributed by atoms with van der Waals surface area (Å²) in [5.41, 5.74) is 1.15. The predicted molar refractivity (Wildman–Crippen MR) is 96.9 cm³/mol. The molecule has 1 aromatic rings. The molecule has 0 aliphatic heterocycles. The molecule has 1 aromatic heterocycles. The van der Waals surface area contributed by atoms with Crippen LogP contribution in [0.4, 0.5) is 0 Å². The van der Waals surface area contributed by atoms with E-state index in [9.17, 15) is 0 Å². The third-order valence-electron chi connectivity index (χ3n) is 3.63. The van der Waals surface area contributed by atoms with Crippen molar-refractivity contribution in [2.45, 2.75) is 47.1 Å². The first kappa shape index (κ1) is 18.9. The number of thiazole rings is 1. The monoisotopic (exact) mass is 325 g/mol. The molecule has 22 heavy (non-hydrogen) atoms. The summed E-state index contributed by atoms with van der Waals surface area (Å²) in [5.74, 6) is 0.897. The van der Waals surface area contributed by atoms with Gasteiger partial charge in [-0.15, -0.1) is 11.3 Å². The number of nitrogens with zero attached hydrogens (tertiary/aromatic N) is 3. The van der Waals surface area contributed by atoms with E-state index in [2.05, 4.69) is 53.6 Å². The number of guanidine groups is 1. The Morgan fingerprint density at radius 1 is 1.32 bits per heavy atom. The lowest BCUT2D eigenvalue weighted by atomic mass is 10.3. The summed E-state index contributed by atoms with van der Waals surface area (Å²) < 4.78 is 0. The van der Waals surface area contributed by atoms with Crippen LogP contribution in [0.1, 0.15) is 38.4 Å². The third-order valence-corrected chi connectivity index (χ3v) is 4.46. The lowest BCUT2D eigenvalue weighted by molar-refractivity contribution is 0.237. The van der Waals surface area contributed by atoms with Crippen molar-refractivity contribution in [3.05, 3.63) is 16.1 Å². The summed E-state index contributed by atoms with van der Waals surface area (Å²) in [7, 11) is 0. The second-order valence-corrected chi connectivity index (χ2v) is 6.39. The second kappa shape index (κ2) is 10.6. The summed E-state index contributed by atoms with van der Waals surface area (Å²) >= 11 is 1.71. The van der Waals surface area contributed by atoms with E-state index in [1.807, 2.05) is 6.92 Å². The van der Waals surface area contributed by atoms with Crippen LogP contribution in [0.15, 0.2) is 10.4 Å². The van der Waals surface area contributed by atoms with Gasteiger partial charge in [0.2, 0.25) is 0 Å². The SMILES string of the molecule is CCNC(=NCC(C)N(CC)CC)NCCc1csc(C)n1. The fourth-order valence-electron chi connectivity index (χ4n) is 2.36. The maximum Gasteiger partial charge on any atom is 0.191 e. The van der Waals surface area contributed by atoms with Gasteiger partial charge < -0.3 is 10.6 Å². The van der Waals surface area contributed by atoms with E-state index >= 15 is 0 Å². The molecule has 0 saturated heterocycles. The predicted octanol–water partition coefficient (Wildman–Crippen LogP) is 2.28. The Labute approximate surface area is 139 Å². The molecule has 2 N–H and O–H groups in total. The Morgan fingerprint density at radius 3 is 2.59 bits per heavy atom. The number of likely N-dealkylation sites (N-methyl/N-ethyl adjacent to an activating group) is 1. The van der Waals surface area contributed by atoms with Crippen LogP contribution in [0, 0.1) is 6.92 Å². The number of hydrogen-bond donors (Lipinski definition) is 2. The number of rotatable bonds is 9. The van der Waals surface area contributed by atoms with Crippen molar-refractivity contribution < 1.29 is 0 Å². The quantitative estimate of drug-likeness (QED) is 0.540. The van der Waals surface area contributed by atoms with Crippen molar-refractivity contribution in [1.82, 2.24) is 20.5 Å². The first-order valence-corrected chi connectivity index (χ1v) is 9.15. The standard InChI is InChI=1S/C16H31N5S/c1-6-17-16(19-11-13(4)21(7-2)8-3)18-10-9-15-12-22-14(5)20-15/h12-13H,6-11H2,1-5H3,(H2,17,18,19). The van der Waals surface area contributed by atoms with Gasteiger partial charge in [0, 0.05) is 30.9 Å². The highest BCUT2D eigenvalue weighted by atomic mass is 32.1. The second-order valence-electron chi connectivity index (χ2n) is 5.32. The van der Waals surface area contributed by atoms with Gasteiger partial charge in [-0.1, -0.05) is 13.8 Å². The number of aryl methyl sites for hydroxylation is 1.